The molecule has 0 aromatic heterocycles. The topological polar surface area (TPSA) is 67.4 Å². The molecule has 0 aliphatic carbocycles. The summed E-state index contributed by atoms with van der Waals surface area (Å²) in [4.78, 5) is 22.7. The summed E-state index contributed by atoms with van der Waals surface area (Å²) in [6.45, 7) is 1.02. The van der Waals surface area contributed by atoms with E-state index < -0.39 is 6.04 Å². The third kappa shape index (κ3) is 4.17. The van der Waals surface area contributed by atoms with Crippen LogP contribution < -0.4 is 15.4 Å². The molecule has 1 atom stereocenters. The van der Waals surface area contributed by atoms with Gasteiger partial charge in [-0.3, -0.25) is 14.9 Å². The van der Waals surface area contributed by atoms with Crippen LogP contribution in [0, 0.1) is 0 Å². The molecule has 0 bridgehead atoms. The molecule has 1 aliphatic heterocycles. The van der Waals surface area contributed by atoms with Gasteiger partial charge in [0.15, 0.2) is 0 Å². The number of benzene rings is 2. The van der Waals surface area contributed by atoms with Crippen molar-refractivity contribution in [3.05, 3.63) is 65.7 Å². The van der Waals surface area contributed by atoms with Crippen molar-refractivity contribution < 1.29 is 14.3 Å². The van der Waals surface area contributed by atoms with Crippen molar-refractivity contribution >= 4 is 11.8 Å². The molecule has 23 heavy (non-hydrogen) atoms. The number of hydrogen-bond donors (Lipinski definition) is 2. The van der Waals surface area contributed by atoms with Crippen molar-refractivity contribution in [3.8, 4) is 5.75 Å². The third-order valence-corrected chi connectivity index (χ3v) is 3.67. The smallest absolute Gasteiger partial charge is 0.244 e. The van der Waals surface area contributed by atoms with Crippen LogP contribution in [0.5, 0.6) is 5.75 Å². The standard InChI is InChI=1S/C18H18N2O3/c21-17-10-16(18(22)20-17)19-11-14-7-4-8-15(9-14)23-12-13-5-2-1-3-6-13/h1-9,16,19H,10-12H2,(H,20,21,22). The average Bonchev–Trinajstić information content (AvgIpc) is 2.90. The van der Waals surface area contributed by atoms with E-state index in [0.29, 0.717) is 13.2 Å². The molecule has 0 spiro atoms. The van der Waals surface area contributed by atoms with Crippen molar-refractivity contribution in [1.82, 2.24) is 10.6 Å². The maximum absolute atomic E-state index is 11.5. The van der Waals surface area contributed by atoms with Crippen molar-refractivity contribution in [1.29, 1.82) is 0 Å². The van der Waals surface area contributed by atoms with E-state index in [1.807, 2.05) is 54.6 Å². The molecule has 0 radical (unpaired) electrons. The van der Waals surface area contributed by atoms with Crippen LogP contribution in [0.1, 0.15) is 17.5 Å². The Balaban J connectivity index is 1.55. The van der Waals surface area contributed by atoms with Crippen LogP contribution >= 0.6 is 0 Å². The van der Waals surface area contributed by atoms with Crippen LogP contribution in [0.4, 0.5) is 0 Å². The second-order valence-corrected chi connectivity index (χ2v) is 5.47. The van der Waals surface area contributed by atoms with Crippen molar-refractivity contribution in [2.75, 3.05) is 0 Å². The van der Waals surface area contributed by atoms with Crippen LogP contribution in [0.2, 0.25) is 0 Å². The van der Waals surface area contributed by atoms with Gasteiger partial charge in [0.05, 0.1) is 12.5 Å². The number of imide groups is 1. The Bertz CT molecular complexity index is 700. The highest BCUT2D eigenvalue weighted by Crippen LogP contribution is 2.15. The Morgan fingerprint density at radius 3 is 2.57 bits per heavy atom. The zero-order valence-electron chi connectivity index (χ0n) is 12.6. The highest BCUT2D eigenvalue weighted by Gasteiger charge is 2.29. The maximum Gasteiger partial charge on any atom is 0.244 e. The van der Waals surface area contributed by atoms with Gasteiger partial charge in [0.2, 0.25) is 11.8 Å². The number of rotatable bonds is 6. The van der Waals surface area contributed by atoms with E-state index in [-0.39, 0.29) is 18.2 Å². The second-order valence-electron chi connectivity index (χ2n) is 5.47. The summed E-state index contributed by atoms with van der Waals surface area (Å²) in [5.74, 6) is 0.291. The monoisotopic (exact) mass is 310 g/mol. The highest BCUT2D eigenvalue weighted by molar-refractivity contribution is 6.05. The molecular weight excluding hydrogens is 292 g/mol. The fourth-order valence-corrected chi connectivity index (χ4v) is 2.45. The van der Waals surface area contributed by atoms with Crippen molar-refractivity contribution in [2.24, 2.45) is 0 Å². The van der Waals surface area contributed by atoms with Crippen LogP contribution in [-0.2, 0) is 22.7 Å². The molecule has 0 saturated carbocycles. The van der Waals surface area contributed by atoms with Crippen LogP contribution in [0.3, 0.4) is 0 Å². The Kier molecular flexibility index (Phi) is 4.68. The fraction of sp³-hybridized carbons (Fsp3) is 0.222. The molecule has 1 aliphatic rings. The number of carbonyl (C=O) groups excluding carboxylic acids is 2. The maximum atomic E-state index is 11.5. The van der Waals surface area contributed by atoms with Gasteiger partial charge >= 0.3 is 0 Å². The molecule has 1 heterocycles. The Morgan fingerprint density at radius 1 is 1.04 bits per heavy atom. The van der Waals surface area contributed by atoms with Crippen LogP contribution in [-0.4, -0.2) is 17.9 Å². The van der Waals surface area contributed by atoms with Crippen molar-refractivity contribution in [3.63, 3.8) is 0 Å². The summed E-state index contributed by atoms with van der Waals surface area (Å²) in [5.41, 5.74) is 2.11. The largest absolute Gasteiger partial charge is 0.489 e. The number of amides is 2. The summed E-state index contributed by atoms with van der Waals surface area (Å²) in [5, 5.41) is 5.38. The van der Waals surface area contributed by atoms with E-state index in [1.165, 1.54) is 0 Å². The van der Waals surface area contributed by atoms with Gasteiger partial charge in [-0.25, -0.2) is 0 Å². The lowest BCUT2D eigenvalue weighted by molar-refractivity contribution is -0.125. The summed E-state index contributed by atoms with van der Waals surface area (Å²) in [6, 6.07) is 17.2. The molecule has 118 valence electrons. The zero-order valence-corrected chi connectivity index (χ0v) is 12.6. The summed E-state index contributed by atoms with van der Waals surface area (Å²) in [6.07, 6.45) is 0.197. The molecule has 5 heteroatoms. The van der Waals surface area contributed by atoms with Gasteiger partial charge in [0.1, 0.15) is 12.4 Å². The summed E-state index contributed by atoms with van der Waals surface area (Å²) < 4.78 is 5.78. The number of hydrogen-bond acceptors (Lipinski definition) is 4. The molecule has 5 nitrogen and oxygen atoms in total. The minimum absolute atomic E-state index is 0.197. The minimum atomic E-state index is -0.448. The van der Waals surface area contributed by atoms with Gasteiger partial charge in [0.25, 0.3) is 0 Å². The molecule has 1 fully saturated rings. The molecular formula is C18H18N2O3. The van der Waals surface area contributed by atoms with E-state index in [1.54, 1.807) is 0 Å². The van der Waals surface area contributed by atoms with Crippen molar-refractivity contribution in [2.45, 2.75) is 25.6 Å². The molecule has 2 aromatic rings. The molecule has 2 aromatic carbocycles. The van der Waals surface area contributed by atoms with Crippen LogP contribution in [0.15, 0.2) is 54.6 Å². The summed E-state index contributed by atoms with van der Waals surface area (Å²) in [7, 11) is 0. The van der Waals surface area contributed by atoms with Crippen LogP contribution in [0.25, 0.3) is 0 Å². The molecule has 2 amide bonds. The predicted molar refractivity (Wildman–Crippen MR) is 85.6 cm³/mol. The lowest BCUT2D eigenvalue weighted by Crippen LogP contribution is -2.35. The molecule has 1 unspecified atom stereocenters. The van der Waals surface area contributed by atoms with Gasteiger partial charge in [-0.1, -0.05) is 42.5 Å². The summed E-state index contributed by atoms with van der Waals surface area (Å²) >= 11 is 0. The number of nitrogens with one attached hydrogen (secondary N) is 2. The highest BCUT2D eigenvalue weighted by atomic mass is 16.5. The van der Waals surface area contributed by atoms with Gasteiger partial charge in [-0.05, 0) is 23.3 Å². The molecule has 2 N–H and O–H groups in total. The number of carbonyl (C=O) groups is 2. The lowest BCUT2D eigenvalue weighted by atomic mass is 10.2. The number of ether oxygens (including phenoxy) is 1. The molecule has 3 rings (SSSR count). The zero-order chi connectivity index (χ0) is 16.1. The first-order chi connectivity index (χ1) is 11.2. The quantitative estimate of drug-likeness (QED) is 0.798. The third-order valence-electron chi connectivity index (χ3n) is 3.67. The Hall–Kier alpha value is -2.66. The minimum Gasteiger partial charge on any atom is -0.489 e. The second kappa shape index (κ2) is 7.07. The SMILES string of the molecule is O=C1CC(NCc2cccc(OCc3ccccc3)c2)C(=O)N1. The van der Waals surface area contributed by atoms with E-state index in [9.17, 15) is 9.59 Å². The Morgan fingerprint density at radius 2 is 1.83 bits per heavy atom. The Labute approximate surface area is 134 Å². The van der Waals surface area contributed by atoms with Gasteiger partial charge in [0, 0.05) is 6.54 Å². The first-order valence-electron chi connectivity index (χ1n) is 7.53. The lowest BCUT2D eigenvalue weighted by Gasteiger charge is -2.11. The predicted octanol–water partition coefficient (Wildman–Crippen LogP) is 1.77. The average molecular weight is 310 g/mol. The first-order valence-corrected chi connectivity index (χ1v) is 7.53. The van der Waals surface area contributed by atoms with E-state index in [0.717, 1.165) is 16.9 Å². The van der Waals surface area contributed by atoms with Gasteiger partial charge in [-0.15, -0.1) is 0 Å². The fourth-order valence-electron chi connectivity index (χ4n) is 2.45. The first kappa shape index (κ1) is 15.2. The van der Waals surface area contributed by atoms with E-state index in [2.05, 4.69) is 10.6 Å². The molecule has 1 saturated heterocycles. The van der Waals surface area contributed by atoms with Gasteiger partial charge in [-0.2, -0.15) is 0 Å². The van der Waals surface area contributed by atoms with E-state index >= 15 is 0 Å². The van der Waals surface area contributed by atoms with Gasteiger partial charge < -0.3 is 10.1 Å². The van der Waals surface area contributed by atoms with E-state index in [4.69, 9.17) is 4.74 Å². The normalized spacial score (nSPS) is 17.1.